The van der Waals surface area contributed by atoms with Crippen molar-refractivity contribution in [2.75, 3.05) is 13.1 Å². The summed E-state index contributed by atoms with van der Waals surface area (Å²) in [6.45, 7) is 4.16. The molecule has 120 valence electrons. The monoisotopic (exact) mass is 308 g/mol. The van der Waals surface area contributed by atoms with Gasteiger partial charge in [-0.05, 0) is 43.0 Å². The summed E-state index contributed by atoms with van der Waals surface area (Å²) in [6.07, 6.45) is 2.29. The molecule has 23 heavy (non-hydrogen) atoms. The first kappa shape index (κ1) is 15.8. The lowest BCUT2D eigenvalue weighted by Crippen LogP contribution is -2.36. The second-order valence-corrected chi connectivity index (χ2v) is 6.24. The second kappa shape index (κ2) is 7.42. The second-order valence-electron chi connectivity index (χ2n) is 6.24. The third kappa shape index (κ3) is 3.99. The van der Waals surface area contributed by atoms with Crippen molar-refractivity contribution in [2.45, 2.75) is 32.4 Å². The van der Waals surface area contributed by atoms with Crippen LogP contribution in [-0.2, 0) is 11.3 Å². The first-order valence-corrected chi connectivity index (χ1v) is 8.34. The highest BCUT2D eigenvalue weighted by atomic mass is 16.2. The van der Waals surface area contributed by atoms with E-state index in [1.165, 1.54) is 16.7 Å². The van der Waals surface area contributed by atoms with E-state index in [-0.39, 0.29) is 5.91 Å². The molecule has 2 aromatic carbocycles. The summed E-state index contributed by atoms with van der Waals surface area (Å²) in [5, 5.41) is 3.06. The summed E-state index contributed by atoms with van der Waals surface area (Å²) in [4.78, 5) is 14.6. The number of carbonyl (C=O) groups excluding carboxylic acids is 1. The summed E-state index contributed by atoms with van der Waals surface area (Å²) in [5.74, 6) is 0.107. The molecule has 1 aliphatic heterocycles. The van der Waals surface area contributed by atoms with E-state index in [1.807, 2.05) is 18.2 Å². The Balaban J connectivity index is 1.56. The van der Waals surface area contributed by atoms with Gasteiger partial charge < -0.3 is 5.32 Å². The Labute approximate surface area is 138 Å². The van der Waals surface area contributed by atoms with Crippen LogP contribution in [0.25, 0.3) is 0 Å². The van der Waals surface area contributed by atoms with E-state index >= 15 is 0 Å². The SMILES string of the molecule is Cc1ccccc1CNC(=O)CN1CCC[C@H]1c1ccccc1. The van der Waals surface area contributed by atoms with E-state index in [9.17, 15) is 4.79 Å². The number of likely N-dealkylation sites (tertiary alicyclic amines) is 1. The van der Waals surface area contributed by atoms with Crippen molar-refractivity contribution in [3.63, 3.8) is 0 Å². The highest BCUT2D eigenvalue weighted by Gasteiger charge is 2.27. The predicted octanol–water partition coefficient (Wildman–Crippen LogP) is 3.45. The molecule has 3 rings (SSSR count). The maximum atomic E-state index is 12.3. The van der Waals surface area contributed by atoms with E-state index in [0.717, 1.165) is 19.4 Å². The van der Waals surface area contributed by atoms with Gasteiger partial charge in [0.25, 0.3) is 0 Å². The molecule has 1 N–H and O–H groups in total. The van der Waals surface area contributed by atoms with E-state index in [0.29, 0.717) is 19.1 Å². The quantitative estimate of drug-likeness (QED) is 0.917. The minimum atomic E-state index is 0.107. The van der Waals surface area contributed by atoms with Crippen LogP contribution in [0.4, 0.5) is 0 Å². The Hall–Kier alpha value is -2.13. The van der Waals surface area contributed by atoms with Gasteiger partial charge in [-0.3, -0.25) is 9.69 Å². The Kier molecular flexibility index (Phi) is 5.09. The third-order valence-corrected chi connectivity index (χ3v) is 4.63. The van der Waals surface area contributed by atoms with Gasteiger partial charge in [0.15, 0.2) is 0 Å². The summed E-state index contributed by atoms with van der Waals surface area (Å²) in [7, 11) is 0. The maximum Gasteiger partial charge on any atom is 0.234 e. The van der Waals surface area contributed by atoms with Gasteiger partial charge in [0.05, 0.1) is 6.54 Å². The molecule has 1 amide bonds. The standard InChI is InChI=1S/C20H24N2O/c1-16-8-5-6-11-18(16)14-21-20(23)15-22-13-7-12-19(22)17-9-3-2-4-10-17/h2-6,8-11,19H,7,12-15H2,1H3,(H,21,23)/t19-/m0/s1. The third-order valence-electron chi connectivity index (χ3n) is 4.63. The molecule has 3 heteroatoms. The van der Waals surface area contributed by atoms with Crippen LogP contribution in [0.1, 0.15) is 35.6 Å². The highest BCUT2D eigenvalue weighted by Crippen LogP contribution is 2.31. The summed E-state index contributed by atoms with van der Waals surface area (Å²) in [6, 6.07) is 19.1. The van der Waals surface area contributed by atoms with Crippen LogP contribution in [0.2, 0.25) is 0 Å². The van der Waals surface area contributed by atoms with Crippen molar-refractivity contribution in [1.29, 1.82) is 0 Å². The Morgan fingerprint density at radius 1 is 1.13 bits per heavy atom. The smallest absolute Gasteiger partial charge is 0.234 e. The van der Waals surface area contributed by atoms with E-state index < -0.39 is 0 Å². The van der Waals surface area contributed by atoms with Crippen LogP contribution in [0.15, 0.2) is 54.6 Å². The van der Waals surface area contributed by atoms with Gasteiger partial charge in [-0.15, -0.1) is 0 Å². The molecular weight excluding hydrogens is 284 g/mol. The lowest BCUT2D eigenvalue weighted by atomic mass is 10.0. The fourth-order valence-electron chi connectivity index (χ4n) is 3.31. The zero-order chi connectivity index (χ0) is 16.1. The predicted molar refractivity (Wildman–Crippen MR) is 93.0 cm³/mol. The van der Waals surface area contributed by atoms with E-state index in [1.54, 1.807) is 0 Å². The molecule has 1 saturated heterocycles. The molecular formula is C20H24N2O. The molecule has 0 aliphatic carbocycles. The van der Waals surface area contributed by atoms with E-state index in [2.05, 4.69) is 53.5 Å². The first-order chi connectivity index (χ1) is 11.2. The topological polar surface area (TPSA) is 32.3 Å². The molecule has 1 fully saturated rings. The van der Waals surface area contributed by atoms with Crippen LogP contribution >= 0.6 is 0 Å². The molecule has 3 nitrogen and oxygen atoms in total. The van der Waals surface area contributed by atoms with Gasteiger partial charge in [0.2, 0.25) is 5.91 Å². The Morgan fingerprint density at radius 3 is 2.65 bits per heavy atom. The number of nitrogens with one attached hydrogen (secondary N) is 1. The average Bonchev–Trinajstić information content (AvgIpc) is 3.03. The highest BCUT2D eigenvalue weighted by molar-refractivity contribution is 5.78. The molecule has 0 bridgehead atoms. The molecule has 0 unspecified atom stereocenters. The molecule has 0 saturated carbocycles. The molecule has 2 aromatic rings. The van der Waals surface area contributed by atoms with Crippen molar-refractivity contribution < 1.29 is 4.79 Å². The number of rotatable bonds is 5. The minimum absolute atomic E-state index is 0.107. The first-order valence-electron chi connectivity index (χ1n) is 8.34. The van der Waals surface area contributed by atoms with Crippen molar-refractivity contribution in [1.82, 2.24) is 10.2 Å². The molecule has 0 radical (unpaired) electrons. The van der Waals surface area contributed by atoms with Gasteiger partial charge in [0, 0.05) is 12.6 Å². The molecule has 1 aliphatic rings. The minimum Gasteiger partial charge on any atom is -0.351 e. The van der Waals surface area contributed by atoms with E-state index in [4.69, 9.17) is 0 Å². The van der Waals surface area contributed by atoms with Crippen LogP contribution in [0.3, 0.4) is 0 Å². The molecule has 0 spiro atoms. The number of hydrogen-bond donors (Lipinski definition) is 1. The summed E-state index contributed by atoms with van der Waals surface area (Å²) < 4.78 is 0. The van der Waals surface area contributed by atoms with Gasteiger partial charge in [0.1, 0.15) is 0 Å². The fourth-order valence-corrected chi connectivity index (χ4v) is 3.31. The number of hydrogen-bond acceptors (Lipinski definition) is 2. The van der Waals surface area contributed by atoms with Crippen molar-refractivity contribution >= 4 is 5.91 Å². The largest absolute Gasteiger partial charge is 0.351 e. The zero-order valence-corrected chi connectivity index (χ0v) is 13.7. The number of amides is 1. The molecule has 0 aromatic heterocycles. The molecule has 1 atom stereocenters. The Morgan fingerprint density at radius 2 is 1.87 bits per heavy atom. The van der Waals surface area contributed by atoms with Crippen LogP contribution in [0.5, 0.6) is 0 Å². The normalized spacial score (nSPS) is 18.0. The van der Waals surface area contributed by atoms with Crippen molar-refractivity contribution in [2.24, 2.45) is 0 Å². The Bertz CT molecular complexity index is 654. The van der Waals surface area contributed by atoms with Gasteiger partial charge in [-0.1, -0.05) is 54.6 Å². The summed E-state index contributed by atoms with van der Waals surface area (Å²) >= 11 is 0. The van der Waals surface area contributed by atoms with Crippen LogP contribution < -0.4 is 5.32 Å². The van der Waals surface area contributed by atoms with Crippen molar-refractivity contribution in [3.05, 3.63) is 71.3 Å². The van der Waals surface area contributed by atoms with Crippen LogP contribution in [-0.4, -0.2) is 23.9 Å². The number of carbonyl (C=O) groups is 1. The van der Waals surface area contributed by atoms with Crippen LogP contribution in [0, 0.1) is 6.92 Å². The lowest BCUT2D eigenvalue weighted by molar-refractivity contribution is -0.122. The molecule has 1 heterocycles. The average molecular weight is 308 g/mol. The lowest BCUT2D eigenvalue weighted by Gasteiger charge is -2.24. The number of nitrogens with zero attached hydrogens (tertiary/aromatic N) is 1. The summed E-state index contributed by atoms with van der Waals surface area (Å²) in [5.41, 5.74) is 3.72. The van der Waals surface area contributed by atoms with Crippen molar-refractivity contribution in [3.8, 4) is 0 Å². The van der Waals surface area contributed by atoms with Gasteiger partial charge >= 0.3 is 0 Å². The number of aryl methyl sites for hydroxylation is 1. The van der Waals surface area contributed by atoms with Gasteiger partial charge in [-0.25, -0.2) is 0 Å². The zero-order valence-electron chi connectivity index (χ0n) is 13.7. The van der Waals surface area contributed by atoms with Gasteiger partial charge in [-0.2, -0.15) is 0 Å². The fraction of sp³-hybridized carbons (Fsp3) is 0.350. The number of benzene rings is 2. The maximum absolute atomic E-state index is 12.3.